The Labute approximate surface area is 89.1 Å². The van der Waals surface area contributed by atoms with Gasteiger partial charge in [0.05, 0.1) is 10.6 Å². The minimum absolute atomic E-state index is 0.0765. The molecule has 1 unspecified atom stereocenters. The van der Waals surface area contributed by atoms with Crippen LogP contribution in [0.25, 0.3) is 0 Å². The maximum Gasteiger partial charge on any atom is 0.140 e. The fourth-order valence-electron chi connectivity index (χ4n) is 1.10. The summed E-state index contributed by atoms with van der Waals surface area (Å²) < 4.78 is 26.1. The van der Waals surface area contributed by atoms with Crippen molar-refractivity contribution in [2.45, 2.75) is 6.10 Å². The molecule has 14 heavy (non-hydrogen) atoms. The summed E-state index contributed by atoms with van der Waals surface area (Å²) in [5.41, 5.74) is 0.0765. The lowest BCUT2D eigenvalue weighted by atomic mass is 10.1. The topological polar surface area (TPSA) is 32.3 Å². The van der Waals surface area contributed by atoms with E-state index in [1.54, 1.807) is 7.05 Å². The minimum Gasteiger partial charge on any atom is -0.387 e. The summed E-state index contributed by atoms with van der Waals surface area (Å²) in [4.78, 5) is 0. The minimum atomic E-state index is -0.975. The maximum absolute atomic E-state index is 13.2. The third-order valence-corrected chi connectivity index (χ3v) is 2.40. The fourth-order valence-corrected chi connectivity index (χ4v) is 1.46. The van der Waals surface area contributed by atoms with Gasteiger partial charge in [-0.25, -0.2) is 8.78 Å². The normalized spacial score (nSPS) is 12.9. The van der Waals surface area contributed by atoms with Crippen molar-refractivity contribution < 1.29 is 13.9 Å². The van der Waals surface area contributed by atoms with Crippen LogP contribution in [0.5, 0.6) is 0 Å². The first-order valence-corrected chi connectivity index (χ1v) is 4.82. The smallest absolute Gasteiger partial charge is 0.140 e. The van der Waals surface area contributed by atoms with Crippen molar-refractivity contribution >= 4 is 15.9 Å². The van der Waals surface area contributed by atoms with E-state index >= 15 is 0 Å². The molecule has 0 heterocycles. The Morgan fingerprint density at radius 2 is 2.07 bits per heavy atom. The number of benzene rings is 1. The summed E-state index contributed by atoms with van der Waals surface area (Å²) in [6, 6.07) is 1.99. The number of hydrogen-bond donors (Lipinski definition) is 2. The lowest BCUT2D eigenvalue weighted by Gasteiger charge is -2.11. The number of halogens is 3. The van der Waals surface area contributed by atoms with Crippen molar-refractivity contribution in [2.24, 2.45) is 0 Å². The van der Waals surface area contributed by atoms with Crippen molar-refractivity contribution in [1.29, 1.82) is 0 Å². The SMILES string of the molecule is CNCC(O)c1cc(Br)c(F)cc1F. The van der Waals surface area contributed by atoms with E-state index < -0.39 is 17.7 Å². The van der Waals surface area contributed by atoms with Gasteiger partial charge in [0.1, 0.15) is 11.6 Å². The number of nitrogens with one attached hydrogen (secondary N) is 1. The lowest BCUT2D eigenvalue weighted by molar-refractivity contribution is 0.173. The van der Waals surface area contributed by atoms with E-state index in [-0.39, 0.29) is 16.6 Å². The van der Waals surface area contributed by atoms with Crippen LogP contribution >= 0.6 is 15.9 Å². The van der Waals surface area contributed by atoms with Crippen LogP contribution < -0.4 is 5.32 Å². The summed E-state index contributed by atoms with van der Waals surface area (Å²) in [5, 5.41) is 12.2. The molecule has 0 aliphatic carbocycles. The second-order valence-corrected chi connectivity index (χ2v) is 3.72. The van der Waals surface area contributed by atoms with Gasteiger partial charge in [-0.05, 0) is 29.0 Å². The number of likely N-dealkylation sites (N-methyl/N-ethyl adjacent to an activating group) is 1. The third-order valence-electron chi connectivity index (χ3n) is 1.80. The van der Waals surface area contributed by atoms with Gasteiger partial charge >= 0.3 is 0 Å². The molecule has 0 aromatic heterocycles. The van der Waals surface area contributed by atoms with Crippen molar-refractivity contribution in [2.75, 3.05) is 13.6 Å². The van der Waals surface area contributed by atoms with Gasteiger partial charge in [-0.1, -0.05) is 0 Å². The van der Waals surface area contributed by atoms with Crippen molar-refractivity contribution in [1.82, 2.24) is 5.32 Å². The van der Waals surface area contributed by atoms with Crippen LogP contribution in [0.1, 0.15) is 11.7 Å². The number of aliphatic hydroxyl groups excluding tert-OH is 1. The van der Waals surface area contributed by atoms with E-state index in [9.17, 15) is 13.9 Å². The Hall–Kier alpha value is -0.520. The predicted octanol–water partition coefficient (Wildman–Crippen LogP) is 1.98. The Kier molecular flexibility index (Phi) is 3.97. The van der Waals surface area contributed by atoms with Gasteiger partial charge in [0.2, 0.25) is 0 Å². The van der Waals surface area contributed by atoms with Gasteiger partial charge in [-0.15, -0.1) is 0 Å². The molecule has 5 heteroatoms. The van der Waals surface area contributed by atoms with Crippen molar-refractivity contribution in [3.8, 4) is 0 Å². The average molecular weight is 266 g/mol. The van der Waals surface area contributed by atoms with E-state index in [0.29, 0.717) is 0 Å². The second-order valence-electron chi connectivity index (χ2n) is 2.86. The molecule has 2 nitrogen and oxygen atoms in total. The Morgan fingerprint density at radius 1 is 1.43 bits per heavy atom. The lowest BCUT2D eigenvalue weighted by Crippen LogP contribution is -2.17. The van der Waals surface area contributed by atoms with E-state index in [0.717, 1.165) is 6.07 Å². The zero-order chi connectivity index (χ0) is 10.7. The van der Waals surface area contributed by atoms with Crippen LogP contribution in [0.2, 0.25) is 0 Å². The van der Waals surface area contributed by atoms with Crippen LogP contribution in [-0.2, 0) is 0 Å². The third kappa shape index (κ3) is 2.50. The van der Waals surface area contributed by atoms with Crippen LogP contribution in [0.4, 0.5) is 8.78 Å². The van der Waals surface area contributed by atoms with Gasteiger partial charge < -0.3 is 10.4 Å². The quantitative estimate of drug-likeness (QED) is 0.820. The first kappa shape index (κ1) is 11.6. The zero-order valence-corrected chi connectivity index (χ0v) is 9.11. The molecule has 0 aliphatic heterocycles. The number of aliphatic hydroxyl groups is 1. The molecule has 0 saturated carbocycles. The summed E-state index contributed by atoms with van der Waals surface area (Å²) in [7, 11) is 1.64. The maximum atomic E-state index is 13.2. The first-order valence-electron chi connectivity index (χ1n) is 4.03. The molecule has 0 saturated heterocycles. The van der Waals surface area contributed by atoms with Gasteiger partial charge in [0.25, 0.3) is 0 Å². The molecular formula is C9H10BrF2NO. The molecule has 0 bridgehead atoms. The van der Waals surface area contributed by atoms with E-state index in [1.165, 1.54) is 6.07 Å². The number of hydrogen-bond acceptors (Lipinski definition) is 2. The molecule has 0 fully saturated rings. The van der Waals surface area contributed by atoms with E-state index in [2.05, 4.69) is 21.2 Å². The van der Waals surface area contributed by atoms with Crippen molar-refractivity contribution in [3.63, 3.8) is 0 Å². The average Bonchev–Trinajstić information content (AvgIpc) is 2.11. The standard InChI is InChI=1S/C9H10BrF2NO/c1-13-4-9(14)5-2-6(10)8(12)3-7(5)11/h2-3,9,13-14H,4H2,1H3. The molecular weight excluding hydrogens is 256 g/mol. The van der Waals surface area contributed by atoms with E-state index in [4.69, 9.17) is 0 Å². The summed E-state index contributed by atoms with van der Waals surface area (Å²) in [5.74, 6) is -1.42. The van der Waals surface area contributed by atoms with Gasteiger partial charge in [0.15, 0.2) is 0 Å². The highest BCUT2D eigenvalue weighted by Crippen LogP contribution is 2.24. The first-order chi connectivity index (χ1) is 6.56. The molecule has 0 aliphatic rings. The monoisotopic (exact) mass is 265 g/mol. The predicted molar refractivity (Wildman–Crippen MR) is 52.9 cm³/mol. The Morgan fingerprint density at radius 3 is 2.64 bits per heavy atom. The molecule has 1 rings (SSSR count). The largest absolute Gasteiger partial charge is 0.387 e. The molecule has 1 atom stereocenters. The Balaban J connectivity index is 3.02. The van der Waals surface area contributed by atoms with E-state index in [1.807, 2.05) is 0 Å². The molecule has 0 spiro atoms. The molecule has 78 valence electrons. The number of rotatable bonds is 3. The molecule has 2 N–H and O–H groups in total. The van der Waals surface area contributed by atoms with Gasteiger partial charge in [-0.3, -0.25) is 0 Å². The molecule has 0 amide bonds. The van der Waals surface area contributed by atoms with Crippen molar-refractivity contribution in [3.05, 3.63) is 33.8 Å². The highest BCUT2D eigenvalue weighted by Gasteiger charge is 2.14. The van der Waals surface area contributed by atoms with Crippen LogP contribution in [0.15, 0.2) is 16.6 Å². The molecule has 1 aromatic rings. The van der Waals surface area contributed by atoms with Crippen LogP contribution in [0.3, 0.4) is 0 Å². The van der Waals surface area contributed by atoms with Gasteiger partial charge in [0, 0.05) is 18.2 Å². The molecule has 0 radical (unpaired) electrons. The fraction of sp³-hybridized carbons (Fsp3) is 0.333. The van der Waals surface area contributed by atoms with Crippen LogP contribution in [0, 0.1) is 11.6 Å². The summed E-state index contributed by atoms with van der Waals surface area (Å²) >= 11 is 2.93. The van der Waals surface area contributed by atoms with Crippen LogP contribution in [-0.4, -0.2) is 18.7 Å². The van der Waals surface area contributed by atoms with Gasteiger partial charge in [-0.2, -0.15) is 0 Å². The highest BCUT2D eigenvalue weighted by atomic mass is 79.9. The second kappa shape index (κ2) is 4.82. The Bertz CT molecular complexity index is 333. The highest BCUT2D eigenvalue weighted by molar-refractivity contribution is 9.10. The molecule has 1 aromatic carbocycles. The summed E-state index contributed by atoms with van der Waals surface area (Å²) in [6.07, 6.45) is -0.975. The zero-order valence-electron chi connectivity index (χ0n) is 7.52. The summed E-state index contributed by atoms with van der Waals surface area (Å²) in [6.45, 7) is 0.217.